The summed E-state index contributed by atoms with van der Waals surface area (Å²) in [6.07, 6.45) is 3.56. The molecule has 2 aromatic rings. The van der Waals surface area contributed by atoms with Gasteiger partial charge >= 0.3 is 0 Å². The second-order valence-corrected chi connectivity index (χ2v) is 3.36. The van der Waals surface area contributed by atoms with Crippen molar-refractivity contribution >= 4 is 11.6 Å². The van der Waals surface area contributed by atoms with Gasteiger partial charge in [-0.05, 0) is 17.7 Å². The lowest BCUT2D eigenvalue weighted by atomic mass is 10.2. The number of ether oxygens (including phenoxy) is 1. The fourth-order valence-electron chi connectivity index (χ4n) is 1.31. The third-order valence-corrected chi connectivity index (χ3v) is 2.17. The Labute approximate surface area is 97.5 Å². The minimum Gasteiger partial charge on any atom is -0.481 e. The fourth-order valence-corrected chi connectivity index (χ4v) is 1.45. The van der Waals surface area contributed by atoms with Gasteiger partial charge in [-0.15, -0.1) is 0 Å². The molecule has 6 heteroatoms. The van der Waals surface area contributed by atoms with Gasteiger partial charge in [0.2, 0.25) is 11.2 Å². The van der Waals surface area contributed by atoms with Crippen LogP contribution in [0.5, 0.6) is 5.88 Å². The van der Waals surface area contributed by atoms with Crippen LogP contribution in [0.1, 0.15) is 11.4 Å². The van der Waals surface area contributed by atoms with Crippen LogP contribution in [0.25, 0.3) is 0 Å². The molecule has 0 N–H and O–H groups in total. The number of aromatic nitrogens is 4. The maximum absolute atomic E-state index is 5.68. The van der Waals surface area contributed by atoms with Gasteiger partial charge in [0.05, 0.1) is 7.11 Å². The molecule has 82 valence electrons. The third kappa shape index (κ3) is 2.43. The zero-order chi connectivity index (χ0) is 11.4. The fraction of sp³-hybridized carbons (Fsp3) is 0.200. The van der Waals surface area contributed by atoms with Crippen LogP contribution < -0.4 is 4.74 Å². The standard InChI is InChI=1S/C10H9ClN4O/c1-16-9-7(3-2-4-12-9)5-8-13-6-14-10(11)15-8/h2-4,6H,5H2,1H3. The number of halogens is 1. The molecule has 0 bridgehead atoms. The van der Waals surface area contributed by atoms with E-state index in [1.807, 2.05) is 12.1 Å². The van der Waals surface area contributed by atoms with E-state index in [-0.39, 0.29) is 5.28 Å². The van der Waals surface area contributed by atoms with Gasteiger partial charge in [0.15, 0.2) is 0 Å². The zero-order valence-corrected chi connectivity index (χ0v) is 9.35. The summed E-state index contributed by atoms with van der Waals surface area (Å²) in [4.78, 5) is 15.8. The monoisotopic (exact) mass is 236 g/mol. The Morgan fingerprint density at radius 3 is 2.94 bits per heavy atom. The highest BCUT2D eigenvalue weighted by molar-refractivity contribution is 6.28. The van der Waals surface area contributed by atoms with Crippen LogP contribution in [0.15, 0.2) is 24.7 Å². The predicted molar refractivity (Wildman–Crippen MR) is 58.4 cm³/mol. The molecule has 0 aliphatic heterocycles. The Morgan fingerprint density at radius 1 is 1.31 bits per heavy atom. The van der Waals surface area contributed by atoms with E-state index in [1.54, 1.807) is 13.3 Å². The van der Waals surface area contributed by atoms with Crippen LogP contribution in [0.2, 0.25) is 5.28 Å². The largest absolute Gasteiger partial charge is 0.481 e. The van der Waals surface area contributed by atoms with Crippen LogP contribution in [0, 0.1) is 0 Å². The van der Waals surface area contributed by atoms with Gasteiger partial charge in [0.25, 0.3) is 0 Å². The number of methoxy groups -OCH3 is 1. The van der Waals surface area contributed by atoms with Crippen molar-refractivity contribution in [3.05, 3.63) is 41.3 Å². The lowest BCUT2D eigenvalue weighted by Gasteiger charge is -2.05. The molecule has 0 fully saturated rings. The van der Waals surface area contributed by atoms with Crippen LogP contribution in [0.3, 0.4) is 0 Å². The molecule has 16 heavy (non-hydrogen) atoms. The highest BCUT2D eigenvalue weighted by Crippen LogP contribution is 2.16. The second kappa shape index (κ2) is 4.85. The van der Waals surface area contributed by atoms with Crippen LogP contribution >= 0.6 is 11.6 Å². The molecule has 2 aromatic heterocycles. The Morgan fingerprint density at radius 2 is 2.19 bits per heavy atom. The number of hydrogen-bond acceptors (Lipinski definition) is 5. The molecule has 0 saturated carbocycles. The maximum Gasteiger partial charge on any atom is 0.225 e. The average Bonchev–Trinajstić information content (AvgIpc) is 2.30. The van der Waals surface area contributed by atoms with E-state index in [2.05, 4.69) is 19.9 Å². The Balaban J connectivity index is 2.26. The van der Waals surface area contributed by atoms with E-state index in [0.717, 1.165) is 5.56 Å². The van der Waals surface area contributed by atoms with Gasteiger partial charge in [-0.1, -0.05) is 6.07 Å². The normalized spacial score (nSPS) is 10.1. The molecule has 0 amide bonds. The molecule has 2 heterocycles. The Kier molecular flexibility index (Phi) is 3.26. The summed E-state index contributed by atoms with van der Waals surface area (Å²) in [6, 6.07) is 3.74. The van der Waals surface area contributed by atoms with Crippen LogP contribution in [0.4, 0.5) is 0 Å². The minimum atomic E-state index is 0.188. The molecule has 0 aliphatic carbocycles. The number of rotatable bonds is 3. The van der Waals surface area contributed by atoms with Crippen molar-refractivity contribution in [1.29, 1.82) is 0 Å². The summed E-state index contributed by atoms with van der Waals surface area (Å²) < 4.78 is 5.13. The lowest BCUT2D eigenvalue weighted by molar-refractivity contribution is 0.393. The summed E-state index contributed by atoms with van der Waals surface area (Å²) in [7, 11) is 1.58. The van der Waals surface area contributed by atoms with Crippen molar-refractivity contribution in [1.82, 2.24) is 19.9 Å². The predicted octanol–water partition coefficient (Wildman–Crippen LogP) is 1.52. The molecule has 0 aliphatic rings. The molecule has 0 unspecified atom stereocenters. The van der Waals surface area contributed by atoms with Gasteiger partial charge in [-0.2, -0.15) is 0 Å². The van der Waals surface area contributed by atoms with Crippen molar-refractivity contribution in [3.63, 3.8) is 0 Å². The molecule has 0 aromatic carbocycles. The van der Waals surface area contributed by atoms with Crippen molar-refractivity contribution in [2.75, 3.05) is 7.11 Å². The van der Waals surface area contributed by atoms with Crippen molar-refractivity contribution < 1.29 is 4.74 Å². The molecular weight excluding hydrogens is 228 g/mol. The van der Waals surface area contributed by atoms with E-state index in [0.29, 0.717) is 18.1 Å². The van der Waals surface area contributed by atoms with Gasteiger partial charge in [-0.25, -0.2) is 19.9 Å². The Bertz CT molecular complexity index is 492. The van der Waals surface area contributed by atoms with Gasteiger partial charge in [0, 0.05) is 18.2 Å². The molecule has 0 radical (unpaired) electrons. The summed E-state index contributed by atoms with van der Waals surface area (Å²) in [6.45, 7) is 0. The SMILES string of the molecule is COc1ncccc1Cc1ncnc(Cl)n1. The number of nitrogens with zero attached hydrogens (tertiary/aromatic N) is 4. The first kappa shape index (κ1) is 10.8. The molecule has 0 saturated heterocycles. The third-order valence-electron chi connectivity index (χ3n) is 1.98. The first-order valence-corrected chi connectivity index (χ1v) is 4.98. The molecule has 0 spiro atoms. The average molecular weight is 237 g/mol. The summed E-state index contributed by atoms with van der Waals surface area (Å²) in [5.74, 6) is 1.16. The highest BCUT2D eigenvalue weighted by atomic mass is 35.5. The molecular formula is C10H9ClN4O. The summed E-state index contributed by atoms with van der Waals surface area (Å²) in [5, 5.41) is 0.188. The van der Waals surface area contributed by atoms with E-state index in [9.17, 15) is 0 Å². The molecule has 0 atom stereocenters. The van der Waals surface area contributed by atoms with Crippen LogP contribution in [-0.4, -0.2) is 27.0 Å². The second-order valence-electron chi connectivity index (χ2n) is 3.02. The van der Waals surface area contributed by atoms with E-state index in [1.165, 1.54) is 6.33 Å². The topological polar surface area (TPSA) is 60.8 Å². The quantitative estimate of drug-likeness (QED) is 0.809. The summed E-state index contributed by atoms with van der Waals surface area (Å²) >= 11 is 5.68. The zero-order valence-electron chi connectivity index (χ0n) is 8.59. The molecule has 2 rings (SSSR count). The van der Waals surface area contributed by atoms with Gasteiger partial charge in [-0.3, -0.25) is 0 Å². The van der Waals surface area contributed by atoms with Gasteiger partial charge in [0.1, 0.15) is 12.2 Å². The van der Waals surface area contributed by atoms with Gasteiger partial charge < -0.3 is 4.74 Å². The minimum absolute atomic E-state index is 0.188. The number of hydrogen-bond donors (Lipinski definition) is 0. The van der Waals surface area contributed by atoms with Crippen molar-refractivity contribution in [2.45, 2.75) is 6.42 Å². The first-order valence-electron chi connectivity index (χ1n) is 4.61. The Hall–Kier alpha value is -1.75. The van der Waals surface area contributed by atoms with E-state index in [4.69, 9.17) is 16.3 Å². The van der Waals surface area contributed by atoms with Crippen LogP contribution in [-0.2, 0) is 6.42 Å². The molecule has 5 nitrogen and oxygen atoms in total. The van der Waals surface area contributed by atoms with E-state index < -0.39 is 0 Å². The first-order chi connectivity index (χ1) is 7.79. The summed E-state index contributed by atoms with van der Waals surface area (Å²) in [5.41, 5.74) is 0.910. The smallest absolute Gasteiger partial charge is 0.225 e. The maximum atomic E-state index is 5.68. The number of pyridine rings is 1. The van der Waals surface area contributed by atoms with E-state index >= 15 is 0 Å². The highest BCUT2D eigenvalue weighted by Gasteiger charge is 2.06. The van der Waals surface area contributed by atoms with Crippen molar-refractivity contribution in [2.24, 2.45) is 0 Å². The van der Waals surface area contributed by atoms with Crippen molar-refractivity contribution in [3.8, 4) is 5.88 Å². The lowest BCUT2D eigenvalue weighted by Crippen LogP contribution is -2.00.